The van der Waals surface area contributed by atoms with Gasteiger partial charge in [0, 0.05) is 15.3 Å². The highest BCUT2D eigenvalue weighted by Gasteiger charge is 2.06. The van der Waals surface area contributed by atoms with Crippen molar-refractivity contribution < 1.29 is 9.53 Å². The average Bonchev–Trinajstić information content (AvgIpc) is 3.16. The summed E-state index contributed by atoms with van der Waals surface area (Å²) in [6, 6.07) is 20.4. The monoisotopic (exact) mass is 364 g/mol. The first-order valence-corrected chi connectivity index (χ1v) is 9.93. The molecular weight excluding hydrogens is 340 g/mol. The van der Waals surface area contributed by atoms with Crippen LogP contribution in [-0.2, 0) is 0 Å². The van der Waals surface area contributed by atoms with E-state index < -0.39 is 0 Å². The Morgan fingerprint density at radius 1 is 0.846 bits per heavy atom. The number of hydrogen-bond acceptors (Lipinski definition) is 3. The zero-order valence-electron chi connectivity index (χ0n) is 15.3. The van der Waals surface area contributed by atoms with Gasteiger partial charge in [-0.1, -0.05) is 44.0 Å². The van der Waals surface area contributed by atoms with Gasteiger partial charge in [0.2, 0.25) is 0 Å². The van der Waals surface area contributed by atoms with Crippen LogP contribution in [0.5, 0.6) is 5.75 Å². The fraction of sp³-hybridized carbons (Fsp3) is 0.261. The Labute approximate surface area is 159 Å². The summed E-state index contributed by atoms with van der Waals surface area (Å²) in [6.45, 7) is 4.57. The minimum Gasteiger partial charge on any atom is -0.494 e. The van der Waals surface area contributed by atoms with Gasteiger partial charge < -0.3 is 4.74 Å². The molecule has 0 radical (unpaired) electrons. The van der Waals surface area contributed by atoms with Gasteiger partial charge in [0.15, 0.2) is 5.78 Å². The minimum atomic E-state index is 0.0976. The van der Waals surface area contributed by atoms with Gasteiger partial charge >= 0.3 is 0 Å². The molecule has 0 amide bonds. The van der Waals surface area contributed by atoms with E-state index in [1.165, 1.54) is 28.2 Å². The van der Waals surface area contributed by atoms with E-state index in [0.717, 1.165) is 29.9 Å². The standard InChI is InChI=1S/C23H24O2S/c1-3-4-5-16-25-21-12-10-20(11-13-21)23-15-14-22(26-23)19-8-6-18(7-9-19)17(2)24/h6-15H,3-5,16H2,1-2H3. The number of rotatable bonds is 8. The third-order valence-electron chi connectivity index (χ3n) is 4.34. The third-order valence-corrected chi connectivity index (χ3v) is 5.52. The second-order valence-electron chi connectivity index (χ2n) is 6.38. The second kappa shape index (κ2) is 8.81. The molecule has 0 spiro atoms. The maximum Gasteiger partial charge on any atom is 0.159 e. The highest BCUT2D eigenvalue weighted by molar-refractivity contribution is 7.18. The molecule has 3 heteroatoms. The number of carbonyl (C=O) groups excluding carboxylic acids is 1. The van der Waals surface area contributed by atoms with E-state index in [2.05, 4.69) is 31.2 Å². The number of unbranched alkanes of at least 4 members (excludes halogenated alkanes) is 2. The van der Waals surface area contributed by atoms with Gasteiger partial charge in [-0.15, -0.1) is 11.3 Å². The van der Waals surface area contributed by atoms with Crippen molar-refractivity contribution >= 4 is 17.1 Å². The van der Waals surface area contributed by atoms with Crippen LogP contribution in [0.25, 0.3) is 20.9 Å². The van der Waals surface area contributed by atoms with Gasteiger partial charge in [0.25, 0.3) is 0 Å². The van der Waals surface area contributed by atoms with Crippen LogP contribution in [-0.4, -0.2) is 12.4 Å². The molecule has 0 saturated carbocycles. The van der Waals surface area contributed by atoms with Crippen molar-refractivity contribution in [2.24, 2.45) is 0 Å². The molecule has 0 fully saturated rings. The molecule has 3 aromatic rings. The summed E-state index contributed by atoms with van der Waals surface area (Å²) in [5.74, 6) is 1.03. The molecular formula is C23H24O2S. The van der Waals surface area contributed by atoms with E-state index in [-0.39, 0.29) is 5.78 Å². The lowest BCUT2D eigenvalue weighted by atomic mass is 10.1. The van der Waals surface area contributed by atoms with Crippen molar-refractivity contribution in [2.45, 2.75) is 33.1 Å². The summed E-state index contributed by atoms with van der Waals surface area (Å²) in [7, 11) is 0. The van der Waals surface area contributed by atoms with Crippen molar-refractivity contribution in [3.8, 4) is 26.6 Å². The van der Waals surface area contributed by atoms with Crippen LogP contribution in [0.3, 0.4) is 0 Å². The number of ketones is 1. The van der Waals surface area contributed by atoms with Gasteiger partial charge in [0.05, 0.1) is 6.61 Å². The lowest BCUT2D eigenvalue weighted by Crippen LogP contribution is -1.96. The average molecular weight is 365 g/mol. The first-order chi connectivity index (χ1) is 12.7. The molecule has 0 aliphatic rings. The molecule has 134 valence electrons. The zero-order chi connectivity index (χ0) is 18.4. The predicted molar refractivity (Wildman–Crippen MR) is 110 cm³/mol. The van der Waals surface area contributed by atoms with E-state index in [9.17, 15) is 4.79 Å². The SMILES string of the molecule is CCCCCOc1ccc(-c2ccc(-c3ccc(C(C)=O)cc3)s2)cc1. The number of carbonyl (C=O) groups is 1. The van der Waals surface area contributed by atoms with Gasteiger partial charge in [-0.05, 0) is 60.9 Å². The molecule has 0 N–H and O–H groups in total. The Morgan fingerprint density at radius 3 is 1.96 bits per heavy atom. The molecule has 0 bridgehead atoms. The Hall–Kier alpha value is -2.39. The number of benzene rings is 2. The number of hydrogen-bond donors (Lipinski definition) is 0. The molecule has 1 heterocycles. The summed E-state index contributed by atoms with van der Waals surface area (Å²) in [5, 5.41) is 0. The Bertz CT molecular complexity index is 845. The van der Waals surface area contributed by atoms with Gasteiger partial charge in [-0.3, -0.25) is 4.79 Å². The van der Waals surface area contributed by atoms with Crippen molar-refractivity contribution in [1.82, 2.24) is 0 Å². The van der Waals surface area contributed by atoms with Crippen LogP contribution in [0.4, 0.5) is 0 Å². The highest BCUT2D eigenvalue weighted by atomic mass is 32.1. The number of thiophene rings is 1. The molecule has 1 aromatic heterocycles. The first-order valence-electron chi connectivity index (χ1n) is 9.12. The van der Waals surface area contributed by atoms with Crippen molar-refractivity contribution in [2.75, 3.05) is 6.61 Å². The minimum absolute atomic E-state index is 0.0976. The second-order valence-corrected chi connectivity index (χ2v) is 7.46. The first kappa shape index (κ1) is 18.4. The molecule has 3 rings (SSSR count). The Morgan fingerprint density at radius 2 is 1.42 bits per heavy atom. The normalized spacial score (nSPS) is 10.7. The van der Waals surface area contributed by atoms with Gasteiger partial charge in [0.1, 0.15) is 5.75 Å². The topological polar surface area (TPSA) is 26.3 Å². The van der Waals surface area contributed by atoms with Crippen LogP contribution < -0.4 is 4.74 Å². The van der Waals surface area contributed by atoms with Crippen molar-refractivity contribution in [1.29, 1.82) is 0 Å². The number of Topliss-reactive ketones (excluding diaryl/α,β-unsaturated/α-hetero) is 1. The van der Waals surface area contributed by atoms with Crippen LogP contribution in [0.2, 0.25) is 0 Å². The zero-order valence-corrected chi connectivity index (χ0v) is 16.1. The highest BCUT2D eigenvalue weighted by Crippen LogP contribution is 2.35. The molecule has 26 heavy (non-hydrogen) atoms. The maximum absolute atomic E-state index is 11.4. The third kappa shape index (κ3) is 4.61. The largest absolute Gasteiger partial charge is 0.494 e. The lowest BCUT2D eigenvalue weighted by molar-refractivity contribution is 0.101. The maximum atomic E-state index is 11.4. The summed E-state index contributed by atoms with van der Waals surface area (Å²) < 4.78 is 5.78. The predicted octanol–water partition coefficient (Wildman–Crippen LogP) is 6.85. The summed E-state index contributed by atoms with van der Waals surface area (Å²) >= 11 is 1.76. The van der Waals surface area contributed by atoms with Crippen LogP contribution >= 0.6 is 11.3 Å². The summed E-state index contributed by atoms with van der Waals surface area (Å²) in [6.07, 6.45) is 3.53. The lowest BCUT2D eigenvalue weighted by Gasteiger charge is -2.06. The van der Waals surface area contributed by atoms with E-state index >= 15 is 0 Å². The van der Waals surface area contributed by atoms with E-state index in [1.54, 1.807) is 18.3 Å². The van der Waals surface area contributed by atoms with Crippen LogP contribution in [0.15, 0.2) is 60.7 Å². The fourth-order valence-electron chi connectivity index (χ4n) is 2.77. The molecule has 0 unspecified atom stereocenters. The quantitative estimate of drug-likeness (QED) is 0.322. The smallest absolute Gasteiger partial charge is 0.159 e. The van der Waals surface area contributed by atoms with E-state index in [0.29, 0.717) is 0 Å². The van der Waals surface area contributed by atoms with Crippen molar-refractivity contribution in [3.63, 3.8) is 0 Å². The van der Waals surface area contributed by atoms with Crippen LogP contribution in [0.1, 0.15) is 43.5 Å². The number of ether oxygens (including phenoxy) is 1. The van der Waals surface area contributed by atoms with E-state index in [4.69, 9.17) is 4.74 Å². The van der Waals surface area contributed by atoms with E-state index in [1.807, 2.05) is 36.4 Å². The summed E-state index contributed by atoms with van der Waals surface area (Å²) in [4.78, 5) is 13.8. The molecule has 2 nitrogen and oxygen atoms in total. The molecule has 0 aliphatic carbocycles. The fourth-order valence-corrected chi connectivity index (χ4v) is 3.79. The Kier molecular flexibility index (Phi) is 6.24. The van der Waals surface area contributed by atoms with Crippen LogP contribution in [0, 0.1) is 0 Å². The van der Waals surface area contributed by atoms with Gasteiger partial charge in [-0.2, -0.15) is 0 Å². The van der Waals surface area contributed by atoms with Gasteiger partial charge in [-0.25, -0.2) is 0 Å². The Balaban J connectivity index is 1.68. The van der Waals surface area contributed by atoms with Crippen molar-refractivity contribution in [3.05, 3.63) is 66.2 Å². The molecule has 2 aromatic carbocycles. The molecule has 0 saturated heterocycles. The molecule has 0 aliphatic heterocycles. The summed E-state index contributed by atoms with van der Waals surface area (Å²) in [5.41, 5.74) is 3.09. The molecule has 0 atom stereocenters.